The Morgan fingerprint density at radius 3 is 2.75 bits per heavy atom. The summed E-state index contributed by atoms with van der Waals surface area (Å²) in [6.45, 7) is 5.72. The minimum Gasteiger partial charge on any atom is -0.496 e. The molecule has 0 radical (unpaired) electrons. The number of methoxy groups -OCH3 is 1. The average molecular weight is 322 g/mol. The summed E-state index contributed by atoms with van der Waals surface area (Å²) in [6, 6.07) is 5.24. The van der Waals surface area contributed by atoms with Crippen molar-refractivity contribution < 1.29 is 14.6 Å². The molecule has 3 nitrogen and oxygen atoms in total. The van der Waals surface area contributed by atoms with E-state index in [0.717, 1.165) is 11.1 Å². The third-order valence-corrected chi connectivity index (χ3v) is 3.66. The molecule has 0 aliphatic heterocycles. The third kappa shape index (κ3) is 4.67. The van der Waals surface area contributed by atoms with Crippen molar-refractivity contribution in [3.8, 4) is 5.75 Å². The monoisotopic (exact) mass is 322 g/mol. The summed E-state index contributed by atoms with van der Waals surface area (Å²) in [5.41, 5.74) is 1.15. The molecule has 1 aromatic rings. The molecule has 124 valence electrons. The molecule has 0 fully saturated rings. The fourth-order valence-corrected chi connectivity index (χ4v) is 2.32. The zero-order valence-electron chi connectivity index (χ0n) is 14.0. The second-order valence-electron chi connectivity index (χ2n) is 5.82. The van der Waals surface area contributed by atoms with E-state index in [1.165, 1.54) is 12.2 Å². The summed E-state index contributed by atoms with van der Waals surface area (Å²) >= 11 is 0. The topological polar surface area (TPSA) is 46.5 Å². The first-order valence-electron chi connectivity index (χ1n) is 7.75. The van der Waals surface area contributed by atoms with Gasteiger partial charge in [0, 0.05) is 17.5 Å². The highest BCUT2D eigenvalue weighted by Gasteiger charge is 2.20. The Morgan fingerprint density at radius 2 is 2.12 bits per heavy atom. The van der Waals surface area contributed by atoms with E-state index in [-0.39, 0.29) is 5.78 Å². The largest absolute Gasteiger partial charge is 0.496 e. The summed E-state index contributed by atoms with van der Waals surface area (Å²) in [6.07, 6.45) is 14.3. The van der Waals surface area contributed by atoms with Crippen LogP contribution >= 0.6 is 0 Å². The zero-order valence-corrected chi connectivity index (χ0v) is 14.0. The average Bonchev–Trinajstić information content (AvgIpc) is 2.58. The van der Waals surface area contributed by atoms with E-state index in [2.05, 4.69) is 6.58 Å². The Morgan fingerprint density at radius 1 is 1.33 bits per heavy atom. The molecule has 1 unspecified atom stereocenters. The van der Waals surface area contributed by atoms with Crippen LogP contribution in [0.2, 0.25) is 0 Å². The quantitative estimate of drug-likeness (QED) is 0.483. The van der Waals surface area contributed by atoms with Crippen LogP contribution in [0.25, 0.3) is 6.08 Å². The van der Waals surface area contributed by atoms with Gasteiger partial charge in [-0.25, -0.2) is 0 Å². The van der Waals surface area contributed by atoms with Crippen LogP contribution in [-0.2, 0) is 0 Å². The number of carbonyl (C=O) groups is 1. The van der Waals surface area contributed by atoms with E-state index in [0.29, 0.717) is 17.7 Å². The Balaban J connectivity index is 2.23. The second-order valence-corrected chi connectivity index (χ2v) is 5.82. The van der Waals surface area contributed by atoms with Crippen molar-refractivity contribution in [3.05, 3.63) is 84.0 Å². The van der Waals surface area contributed by atoms with Crippen LogP contribution in [-0.4, -0.2) is 23.6 Å². The van der Waals surface area contributed by atoms with Gasteiger partial charge in [0.1, 0.15) is 11.4 Å². The maximum absolute atomic E-state index is 12.4. The number of benzene rings is 1. The molecule has 0 amide bonds. The molecule has 2 rings (SSSR count). The van der Waals surface area contributed by atoms with E-state index in [9.17, 15) is 9.90 Å². The molecule has 3 heteroatoms. The van der Waals surface area contributed by atoms with Gasteiger partial charge in [0.2, 0.25) is 0 Å². The Hall–Kier alpha value is -2.65. The summed E-state index contributed by atoms with van der Waals surface area (Å²) in [5.74, 6) is 0.519. The lowest BCUT2D eigenvalue weighted by Crippen LogP contribution is -2.23. The summed E-state index contributed by atoms with van der Waals surface area (Å²) < 4.78 is 5.32. The van der Waals surface area contributed by atoms with E-state index in [4.69, 9.17) is 4.74 Å². The van der Waals surface area contributed by atoms with Crippen molar-refractivity contribution in [2.45, 2.75) is 18.9 Å². The molecule has 0 saturated carbocycles. The lowest BCUT2D eigenvalue weighted by molar-refractivity contribution is 0.103. The SMILES string of the molecule is C=C(C)C=Cc1cc(C(=O)C=CC2(O)C=CC=CC2)ccc1OC. The summed E-state index contributed by atoms with van der Waals surface area (Å²) in [4.78, 5) is 12.4. The van der Waals surface area contributed by atoms with Crippen LogP contribution < -0.4 is 4.74 Å². The smallest absolute Gasteiger partial charge is 0.185 e. The molecule has 1 aliphatic rings. The minimum absolute atomic E-state index is 0.168. The maximum Gasteiger partial charge on any atom is 0.185 e. The number of hydrogen-bond acceptors (Lipinski definition) is 3. The number of ketones is 1. The van der Waals surface area contributed by atoms with Crippen LogP contribution in [0.15, 0.2) is 72.9 Å². The molecule has 1 atom stereocenters. The van der Waals surface area contributed by atoms with Crippen molar-refractivity contribution in [2.24, 2.45) is 0 Å². The molecule has 24 heavy (non-hydrogen) atoms. The maximum atomic E-state index is 12.4. The minimum atomic E-state index is -1.10. The lowest BCUT2D eigenvalue weighted by Gasteiger charge is -2.20. The van der Waals surface area contributed by atoms with Crippen LogP contribution in [0.5, 0.6) is 5.75 Å². The van der Waals surface area contributed by atoms with Gasteiger partial charge in [0.05, 0.1) is 7.11 Å². The highest BCUT2D eigenvalue weighted by molar-refractivity contribution is 6.05. The summed E-state index contributed by atoms with van der Waals surface area (Å²) in [7, 11) is 1.59. The zero-order chi connectivity index (χ0) is 17.6. The van der Waals surface area contributed by atoms with Gasteiger partial charge in [-0.1, -0.05) is 42.5 Å². The van der Waals surface area contributed by atoms with Gasteiger partial charge in [0.15, 0.2) is 5.78 Å². The van der Waals surface area contributed by atoms with Crippen LogP contribution in [0.3, 0.4) is 0 Å². The number of hydrogen-bond donors (Lipinski definition) is 1. The third-order valence-electron chi connectivity index (χ3n) is 3.66. The molecule has 0 aromatic heterocycles. The van der Waals surface area contributed by atoms with Crippen LogP contribution in [0, 0.1) is 0 Å². The fraction of sp³-hybridized carbons (Fsp3) is 0.190. The van der Waals surface area contributed by atoms with Crippen molar-refractivity contribution >= 4 is 11.9 Å². The molecular weight excluding hydrogens is 300 g/mol. The van der Waals surface area contributed by atoms with E-state index in [1.54, 1.807) is 37.5 Å². The Labute approximate surface area is 143 Å². The van der Waals surface area contributed by atoms with Crippen molar-refractivity contribution in [1.29, 1.82) is 0 Å². The van der Waals surface area contributed by atoms with Gasteiger partial charge in [0.25, 0.3) is 0 Å². The van der Waals surface area contributed by atoms with E-state index >= 15 is 0 Å². The predicted molar refractivity (Wildman–Crippen MR) is 98.2 cm³/mol. The second kappa shape index (κ2) is 7.75. The van der Waals surface area contributed by atoms with Gasteiger partial charge in [-0.2, -0.15) is 0 Å². The normalized spacial score (nSPS) is 20.0. The summed E-state index contributed by atoms with van der Waals surface area (Å²) in [5, 5.41) is 10.3. The molecular formula is C21H22O3. The molecule has 0 heterocycles. The first-order valence-corrected chi connectivity index (χ1v) is 7.75. The molecule has 0 saturated heterocycles. The van der Waals surface area contributed by atoms with Gasteiger partial charge in [-0.15, -0.1) is 0 Å². The van der Waals surface area contributed by atoms with Gasteiger partial charge < -0.3 is 9.84 Å². The highest BCUT2D eigenvalue weighted by atomic mass is 16.5. The number of aliphatic hydroxyl groups is 1. The van der Waals surface area contributed by atoms with Gasteiger partial charge >= 0.3 is 0 Å². The highest BCUT2D eigenvalue weighted by Crippen LogP contribution is 2.23. The van der Waals surface area contributed by atoms with Crippen molar-refractivity contribution in [3.63, 3.8) is 0 Å². The van der Waals surface area contributed by atoms with Gasteiger partial charge in [-0.3, -0.25) is 4.79 Å². The molecule has 0 bridgehead atoms. The van der Waals surface area contributed by atoms with Crippen molar-refractivity contribution in [2.75, 3.05) is 7.11 Å². The van der Waals surface area contributed by atoms with Crippen molar-refractivity contribution in [1.82, 2.24) is 0 Å². The van der Waals surface area contributed by atoms with Gasteiger partial charge in [-0.05, 0) is 43.4 Å². The lowest BCUT2D eigenvalue weighted by atomic mass is 9.94. The number of rotatable bonds is 6. The first-order chi connectivity index (χ1) is 11.4. The van der Waals surface area contributed by atoms with Crippen LogP contribution in [0.1, 0.15) is 29.3 Å². The molecule has 0 spiro atoms. The Bertz CT molecular complexity index is 750. The fourth-order valence-electron chi connectivity index (χ4n) is 2.32. The van der Waals surface area contributed by atoms with E-state index in [1.807, 2.05) is 31.2 Å². The molecule has 1 aliphatic carbocycles. The molecule has 1 aromatic carbocycles. The predicted octanol–water partition coefficient (Wildman–Crippen LogP) is 4.27. The van der Waals surface area contributed by atoms with Crippen LogP contribution in [0.4, 0.5) is 0 Å². The van der Waals surface area contributed by atoms with E-state index < -0.39 is 5.60 Å². The molecule has 1 N–H and O–H groups in total. The number of carbonyl (C=O) groups excluding carboxylic acids is 1. The Kier molecular flexibility index (Phi) is 5.72. The first kappa shape index (κ1) is 17.7. The number of allylic oxidation sites excluding steroid dienone is 5. The standard InChI is InChI=1S/C21H22O3/c1-16(2)7-8-18-15-17(9-10-20(18)24-3)19(22)11-14-21(23)12-5-4-6-13-21/h4-12,14-15,23H,1,13H2,2-3H3. The number of ether oxygens (including phenoxy) is 1.